The largest absolute Gasteiger partial charge is 0.497 e. The molecule has 0 saturated carbocycles. The van der Waals surface area contributed by atoms with E-state index in [0.717, 1.165) is 16.6 Å². The summed E-state index contributed by atoms with van der Waals surface area (Å²) in [5.41, 5.74) is 11.6. The summed E-state index contributed by atoms with van der Waals surface area (Å²) in [6, 6.07) is 12.9. The summed E-state index contributed by atoms with van der Waals surface area (Å²) in [7, 11) is 1.59. The van der Waals surface area contributed by atoms with E-state index in [2.05, 4.69) is 20.2 Å². The maximum atomic E-state index is 8.64. The fourth-order valence-corrected chi connectivity index (χ4v) is 2.09. The minimum Gasteiger partial charge on any atom is -0.497 e. The molecular weight excluding hydrogens is 268 g/mol. The zero-order chi connectivity index (χ0) is 14.7. The molecule has 3 rings (SSSR count). The molecule has 0 saturated heterocycles. The molecule has 0 unspecified atom stereocenters. The Kier molecular flexibility index (Phi) is 3.41. The van der Waals surface area contributed by atoms with Gasteiger partial charge in [-0.15, -0.1) is 0 Å². The second kappa shape index (κ2) is 5.52. The molecule has 1 heterocycles. The van der Waals surface area contributed by atoms with Gasteiger partial charge in [0.05, 0.1) is 13.7 Å². The fourth-order valence-electron chi connectivity index (χ4n) is 2.09. The summed E-state index contributed by atoms with van der Waals surface area (Å²) in [5, 5.41) is 12.5. The molecule has 0 fully saturated rings. The average Bonchev–Trinajstić information content (AvgIpc) is 2.91. The monoisotopic (exact) mass is 280 g/mol. The Bertz CT molecular complexity index is 801. The first-order valence-corrected chi connectivity index (χ1v) is 6.32. The van der Waals surface area contributed by atoms with Crippen LogP contribution in [0.3, 0.4) is 0 Å². The van der Waals surface area contributed by atoms with Crippen molar-refractivity contribution in [1.29, 1.82) is 0 Å². The summed E-state index contributed by atoms with van der Waals surface area (Å²) in [6.45, 7) is 0.403. The highest BCUT2D eigenvalue weighted by atomic mass is 16.5. The number of hydrogen-bond acceptors (Lipinski definition) is 4. The van der Waals surface area contributed by atoms with Gasteiger partial charge < -0.3 is 4.74 Å². The van der Waals surface area contributed by atoms with E-state index in [-0.39, 0.29) is 0 Å². The number of aromatic nitrogens is 3. The molecule has 7 heteroatoms. The minimum absolute atomic E-state index is 0.403. The van der Waals surface area contributed by atoms with Gasteiger partial charge in [-0.25, -0.2) is 0 Å². The van der Waals surface area contributed by atoms with E-state index in [9.17, 15) is 0 Å². The second-order valence-electron chi connectivity index (χ2n) is 4.40. The normalized spacial score (nSPS) is 10.3. The van der Waals surface area contributed by atoms with Crippen molar-refractivity contribution in [2.24, 2.45) is 5.11 Å². The minimum atomic E-state index is 0.403. The Morgan fingerprint density at radius 3 is 2.52 bits per heavy atom. The van der Waals surface area contributed by atoms with Gasteiger partial charge in [-0.05, 0) is 41.4 Å². The molecule has 0 atom stereocenters. The van der Waals surface area contributed by atoms with Crippen LogP contribution in [0.2, 0.25) is 0 Å². The van der Waals surface area contributed by atoms with Gasteiger partial charge in [0.2, 0.25) is 0 Å². The van der Waals surface area contributed by atoms with Crippen molar-refractivity contribution >= 4 is 16.7 Å². The number of azide groups is 1. The molecule has 104 valence electrons. The summed E-state index contributed by atoms with van der Waals surface area (Å²) in [4.78, 5) is 4.42. The predicted molar refractivity (Wildman–Crippen MR) is 78.4 cm³/mol. The average molecular weight is 280 g/mol. The number of hydrogen-bond donors (Lipinski definition) is 0. The van der Waals surface area contributed by atoms with E-state index < -0.39 is 0 Å². The van der Waals surface area contributed by atoms with Crippen LogP contribution in [0.25, 0.3) is 21.5 Å². The van der Waals surface area contributed by atoms with E-state index in [1.54, 1.807) is 24.0 Å². The summed E-state index contributed by atoms with van der Waals surface area (Å²) in [6.07, 6.45) is 0. The SMILES string of the molecule is COc1ccc(N=[N+]=[N-])c(Cn2nc3ccccc3n2)c1. The third-order valence-electron chi connectivity index (χ3n) is 3.08. The van der Waals surface area contributed by atoms with Crippen molar-refractivity contribution in [3.63, 3.8) is 0 Å². The second-order valence-corrected chi connectivity index (χ2v) is 4.40. The van der Waals surface area contributed by atoms with Gasteiger partial charge in [0.15, 0.2) is 0 Å². The summed E-state index contributed by atoms with van der Waals surface area (Å²) < 4.78 is 5.20. The van der Waals surface area contributed by atoms with Gasteiger partial charge in [0.25, 0.3) is 0 Å². The highest BCUT2D eigenvalue weighted by Crippen LogP contribution is 2.25. The molecule has 0 N–H and O–H groups in total. The lowest BCUT2D eigenvalue weighted by Crippen LogP contribution is -2.04. The van der Waals surface area contributed by atoms with Crippen LogP contribution in [0.1, 0.15) is 5.56 Å². The van der Waals surface area contributed by atoms with E-state index in [1.165, 1.54) is 0 Å². The zero-order valence-electron chi connectivity index (χ0n) is 11.3. The van der Waals surface area contributed by atoms with Crippen molar-refractivity contribution in [2.75, 3.05) is 7.11 Å². The molecule has 21 heavy (non-hydrogen) atoms. The quantitative estimate of drug-likeness (QED) is 0.416. The maximum absolute atomic E-state index is 8.64. The predicted octanol–water partition coefficient (Wildman–Crippen LogP) is 3.43. The lowest BCUT2D eigenvalue weighted by atomic mass is 10.1. The van der Waals surface area contributed by atoms with Gasteiger partial charge in [-0.3, -0.25) is 0 Å². The highest BCUT2D eigenvalue weighted by Gasteiger charge is 2.07. The van der Waals surface area contributed by atoms with Crippen molar-refractivity contribution in [3.05, 3.63) is 58.5 Å². The van der Waals surface area contributed by atoms with Gasteiger partial charge in [0.1, 0.15) is 16.8 Å². The number of methoxy groups -OCH3 is 1. The Morgan fingerprint density at radius 1 is 1.19 bits per heavy atom. The van der Waals surface area contributed by atoms with Crippen LogP contribution in [0.15, 0.2) is 47.6 Å². The fraction of sp³-hybridized carbons (Fsp3) is 0.143. The van der Waals surface area contributed by atoms with Crippen LogP contribution in [0.5, 0.6) is 5.75 Å². The number of rotatable bonds is 4. The Labute approximate surface area is 120 Å². The van der Waals surface area contributed by atoms with Crippen LogP contribution in [-0.2, 0) is 6.54 Å². The standard InChI is InChI=1S/C14H12N6O/c1-21-11-6-7-12(16-19-15)10(8-11)9-20-17-13-4-2-3-5-14(13)18-20/h2-8H,9H2,1H3. The number of fused-ring (bicyclic) bond motifs is 1. The lowest BCUT2D eigenvalue weighted by Gasteiger charge is -2.07. The zero-order valence-corrected chi connectivity index (χ0v) is 11.3. The molecule has 0 spiro atoms. The van der Waals surface area contributed by atoms with Crippen LogP contribution in [0.4, 0.5) is 5.69 Å². The smallest absolute Gasteiger partial charge is 0.119 e. The molecule has 0 radical (unpaired) electrons. The Morgan fingerprint density at radius 2 is 1.90 bits per heavy atom. The maximum Gasteiger partial charge on any atom is 0.119 e. The molecule has 0 aliphatic rings. The van der Waals surface area contributed by atoms with Gasteiger partial charge in [-0.1, -0.05) is 17.2 Å². The third kappa shape index (κ3) is 2.63. The van der Waals surface area contributed by atoms with E-state index in [4.69, 9.17) is 10.3 Å². The first kappa shape index (κ1) is 13.0. The summed E-state index contributed by atoms with van der Waals surface area (Å²) in [5.74, 6) is 0.693. The molecular formula is C14H12N6O. The van der Waals surface area contributed by atoms with Gasteiger partial charge >= 0.3 is 0 Å². The Hall–Kier alpha value is -3.05. The topological polar surface area (TPSA) is 88.7 Å². The molecule has 3 aromatic rings. The molecule has 1 aromatic heterocycles. The first-order chi connectivity index (χ1) is 10.3. The molecule has 7 nitrogen and oxygen atoms in total. The number of nitrogens with zero attached hydrogens (tertiary/aromatic N) is 6. The number of ether oxygens (including phenoxy) is 1. The molecule has 0 aliphatic carbocycles. The van der Waals surface area contributed by atoms with Crippen LogP contribution < -0.4 is 4.74 Å². The van der Waals surface area contributed by atoms with Crippen molar-refractivity contribution in [1.82, 2.24) is 15.0 Å². The third-order valence-corrected chi connectivity index (χ3v) is 3.08. The lowest BCUT2D eigenvalue weighted by molar-refractivity contribution is 0.414. The van der Waals surface area contributed by atoms with Gasteiger partial charge in [-0.2, -0.15) is 15.0 Å². The van der Waals surface area contributed by atoms with E-state index >= 15 is 0 Å². The van der Waals surface area contributed by atoms with Crippen molar-refractivity contribution in [3.8, 4) is 5.75 Å². The first-order valence-electron chi connectivity index (χ1n) is 6.32. The van der Waals surface area contributed by atoms with E-state index in [0.29, 0.717) is 18.0 Å². The van der Waals surface area contributed by atoms with Crippen LogP contribution >= 0.6 is 0 Å². The highest BCUT2D eigenvalue weighted by molar-refractivity contribution is 5.73. The molecule has 0 amide bonds. The van der Waals surface area contributed by atoms with Crippen LogP contribution in [-0.4, -0.2) is 22.1 Å². The van der Waals surface area contributed by atoms with E-state index in [1.807, 2.05) is 30.3 Å². The molecule has 0 bridgehead atoms. The van der Waals surface area contributed by atoms with Crippen molar-refractivity contribution in [2.45, 2.75) is 6.54 Å². The van der Waals surface area contributed by atoms with Gasteiger partial charge in [0, 0.05) is 10.6 Å². The molecule has 0 aliphatic heterocycles. The molecule has 2 aromatic carbocycles. The van der Waals surface area contributed by atoms with Crippen LogP contribution in [0, 0.1) is 0 Å². The Balaban J connectivity index is 2.01. The van der Waals surface area contributed by atoms with Crippen molar-refractivity contribution < 1.29 is 4.74 Å². The number of benzene rings is 2. The summed E-state index contributed by atoms with van der Waals surface area (Å²) >= 11 is 0.